The maximum Gasteiger partial charge on any atom is 0.243 e. The second kappa shape index (κ2) is 5.38. The normalized spacial score (nSPS) is 11.3. The minimum atomic E-state index is -3.86. The topological polar surface area (TPSA) is 82.3 Å². The third kappa shape index (κ3) is 3.10. The highest BCUT2D eigenvalue weighted by atomic mass is 32.2. The van der Waals surface area contributed by atoms with E-state index < -0.39 is 10.0 Å². The van der Waals surface area contributed by atoms with E-state index in [2.05, 4.69) is 4.98 Å². The molecule has 19 heavy (non-hydrogen) atoms. The van der Waals surface area contributed by atoms with Gasteiger partial charge in [0.15, 0.2) is 0 Å². The predicted molar refractivity (Wildman–Crippen MR) is 71.5 cm³/mol. The minimum absolute atomic E-state index is 0.00843. The van der Waals surface area contributed by atoms with Gasteiger partial charge in [0.05, 0.1) is 0 Å². The fourth-order valence-corrected chi connectivity index (χ4v) is 2.27. The van der Waals surface area contributed by atoms with Gasteiger partial charge in [0.25, 0.3) is 0 Å². The molecule has 0 radical (unpaired) electrons. The number of para-hydroxylation sites is 1. The fraction of sp³-hybridized carbons (Fsp3) is 0.154. The first-order valence-corrected chi connectivity index (χ1v) is 7.30. The zero-order chi connectivity index (χ0) is 13.9. The molecule has 0 aliphatic carbocycles. The number of nitrogens with two attached hydrogens (primary N) is 1. The van der Waals surface area contributed by atoms with Gasteiger partial charge in [-0.25, -0.2) is 18.5 Å². The molecule has 100 valence electrons. The van der Waals surface area contributed by atoms with Crippen LogP contribution in [0.1, 0.15) is 12.5 Å². The zero-order valence-corrected chi connectivity index (χ0v) is 11.2. The molecule has 2 aromatic rings. The molecule has 6 heteroatoms. The number of benzene rings is 1. The Kier molecular flexibility index (Phi) is 3.82. The molecule has 0 unspecified atom stereocenters. The highest BCUT2D eigenvalue weighted by molar-refractivity contribution is 7.89. The predicted octanol–water partition coefficient (Wildman–Crippen LogP) is 2.08. The summed E-state index contributed by atoms with van der Waals surface area (Å²) in [5.41, 5.74) is 0.966. The van der Waals surface area contributed by atoms with E-state index in [1.165, 1.54) is 18.3 Å². The largest absolute Gasteiger partial charge is 0.437 e. The van der Waals surface area contributed by atoms with Crippen LogP contribution in [0.3, 0.4) is 0 Å². The van der Waals surface area contributed by atoms with Crippen molar-refractivity contribution >= 4 is 10.0 Å². The standard InChI is InChI=1S/C13H14N2O3S/c1-2-10-6-3-4-7-11(10)18-13-12(19(14,16)17)8-5-9-15-13/h3-9H,2H2,1H3,(H2,14,16,17). The summed E-state index contributed by atoms with van der Waals surface area (Å²) in [5, 5.41) is 5.13. The number of rotatable bonds is 4. The minimum Gasteiger partial charge on any atom is -0.437 e. The summed E-state index contributed by atoms with van der Waals surface area (Å²) in [4.78, 5) is 3.81. The van der Waals surface area contributed by atoms with Crippen molar-refractivity contribution in [1.82, 2.24) is 4.98 Å². The fourth-order valence-electron chi connectivity index (χ4n) is 1.67. The van der Waals surface area contributed by atoms with Gasteiger partial charge in [0.1, 0.15) is 10.6 Å². The summed E-state index contributed by atoms with van der Waals surface area (Å²) in [7, 11) is -3.86. The Hall–Kier alpha value is -1.92. The number of aromatic nitrogens is 1. The molecule has 0 fully saturated rings. The quantitative estimate of drug-likeness (QED) is 0.928. The number of nitrogens with zero attached hydrogens (tertiary/aromatic N) is 1. The molecular formula is C13H14N2O3S. The smallest absolute Gasteiger partial charge is 0.243 e. The lowest BCUT2D eigenvalue weighted by Gasteiger charge is -2.11. The van der Waals surface area contributed by atoms with E-state index in [4.69, 9.17) is 9.88 Å². The van der Waals surface area contributed by atoms with Crippen LogP contribution in [0.2, 0.25) is 0 Å². The van der Waals surface area contributed by atoms with E-state index >= 15 is 0 Å². The lowest BCUT2D eigenvalue weighted by molar-refractivity contribution is 0.442. The van der Waals surface area contributed by atoms with Crippen LogP contribution < -0.4 is 9.88 Å². The van der Waals surface area contributed by atoms with Crippen molar-refractivity contribution < 1.29 is 13.2 Å². The molecule has 0 saturated carbocycles. The summed E-state index contributed by atoms with van der Waals surface area (Å²) in [5.74, 6) is 0.569. The van der Waals surface area contributed by atoms with Crippen LogP contribution in [0.4, 0.5) is 0 Å². The van der Waals surface area contributed by atoms with Crippen LogP contribution in [0.15, 0.2) is 47.5 Å². The molecule has 2 N–H and O–H groups in total. The van der Waals surface area contributed by atoms with Gasteiger partial charge in [0.2, 0.25) is 15.9 Å². The third-order valence-corrected chi connectivity index (χ3v) is 3.53. The average molecular weight is 278 g/mol. The maximum atomic E-state index is 11.5. The lowest BCUT2D eigenvalue weighted by atomic mass is 10.1. The molecule has 0 spiro atoms. The monoisotopic (exact) mass is 278 g/mol. The van der Waals surface area contributed by atoms with Crippen molar-refractivity contribution in [3.8, 4) is 11.6 Å². The maximum absolute atomic E-state index is 11.5. The molecule has 5 nitrogen and oxygen atoms in total. The van der Waals surface area contributed by atoms with Gasteiger partial charge in [-0.05, 0) is 30.2 Å². The number of hydrogen-bond donors (Lipinski definition) is 1. The van der Waals surface area contributed by atoms with Crippen LogP contribution in [0, 0.1) is 0 Å². The molecule has 1 aromatic heterocycles. The number of hydrogen-bond acceptors (Lipinski definition) is 4. The summed E-state index contributed by atoms with van der Waals surface area (Å²) in [6.07, 6.45) is 2.23. The van der Waals surface area contributed by atoms with Crippen molar-refractivity contribution in [2.45, 2.75) is 18.2 Å². The Morgan fingerprint density at radius 2 is 1.95 bits per heavy atom. The number of sulfonamides is 1. The number of primary sulfonamides is 1. The van der Waals surface area contributed by atoms with E-state index in [0.717, 1.165) is 12.0 Å². The first-order chi connectivity index (χ1) is 9.02. The molecule has 1 heterocycles. The lowest BCUT2D eigenvalue weighted by Crippen LogP contribution is -2.13. The second-order valence-electron chi connectivity index (χ2n) is 3.92. The van der Waals surface area contributed by atoms with Gasteiger partial charge in [-0.2, -0.15) is 0 Å². The molecule has 0 aliphatic rings. The first-order valence-electron chi connectivity index (χ1n) is 5.76. The van der Waals surface area contributed by atoms with Crippen molar-refractivity contribution in [3.63, 3.8) is 0 Å². The zero-order valence-electron chi connectivity index (χ0n) is 10.4. The summed E-state index contributed by atoms with van der Waals surface area (Å²) in [6.45, 7) is 1.99. The average Bonchev–Trinajstić information content (AvgIpc) is 2.39. The molecule has 0 atom stereocenters. The van der Waals surface area contributed by atoms with Crippen molar-refractivity contribution in [3.05, 3.63) is 48.2 Å². The molecule has 2 rings (SSSR count). The van der Waals surface area contributed by atoms with E-state index in [1.807, 2.05) is 25.1 Å². The molecule has 0 amide bonds. The summed E-state index contributed by atoms with van der Waals surface area (Å²) in [6, 6.07) is 10.2. The van der Waals surface area contributed by atoms with Crippen LogP contribution in [-0.2, 0) is 16.4 Å². The van der Waals surface area contributed by atoms with Gasteiger partial charge in [-0.1, -0.05) is 25.1 Å². The van der Waals surface area contributed by atoms with Crippen molar-refractivity contribution in [2.24, 2.45) is 5.14 Å². The van der Waals surface area contributed by atoms with E-state index in [0.29, 0.717) is 5.75 Å². The molecule has 0 bridgehead atoms. The Balaban J connectivity index is 2.45. The van der Waals surface area contributed by atoms with Gasteiger partial charge in [-0.3, -0.25) is 0 Å². The number of aryl methyl sites for hydroxylation is 1. The van der Waals surface area contributed by atoms with Gasteiger partial charge in [-0.15, -0.1) is 0 Å². The van der Waals surface area contributed by atoms with Crippen LogP contribution in [-0.4, -0.2) is 13.4 Å². The number of pyridine rings is 1. The molecule has 0 saturated heterocycles. The Morgan fingerprint density at radius 1 is 1.21 bits per heavy atom. The van der Waals surface area contributed by atoms with Crippen molar-refractivity contribution in [1.29, 1.82) is 0 Å². The van der Waals surface area contributed by atoms with E-state index in [9.17, 15) is 8.42 Å². The summed E-state index contributed by atoms with van der Waals surface area (Å²) < 4.78 is 28.5. The van der Waals surface area contributed by atoms with Gasteiger partial charge in [0, 0.05) is 6.20 Å². The van der Waals surface area contributed by atoms with Crippen LogP contribution in [0.5, 0.6) is 11.6 Å². The Labute approximate surface area is 112 Å². The van der Waals surface area contributed by atoms with E-state index in [-0.39, 0.29) is 10.8 Å². The number of ether oxygens (including phenoxy) is 1. The van der Waals surface area contributed by atoms with E-state index in [1.54, 1.807) is 6.07 Å². The second-order valence-corrected chi connectivity index (χ2v) is 5.44. The highest BCUT2D eigenvalue weighted by Gasteiger charge is 2.17. The van der Waals surface area contributed by atoms with Crippen LogP contribution in [0.25, 0.3) is 0 Å². The highest BCUT2D eigenvalue weighted by Crippen LogP contribution is 2.28. The van der Waals surface area contributed by atoms with Crippen molar-refractivity contribution in [2.75, 3.05) is 0 Å². The van der Waals surface area contributed by atoms with Gasteiger partial charge >= 0.3 is 0 Å². The Bertz CT molecular complexity index is 684. The third-order valence-electron chi connectivity index (χ3n) is 2.60. The summed E-state index contributed by atoms with van der Waals surface area (Å²) >= 11 is 0. The Morgan fingerprint density at radius 3 is 2.63 bits per heavy atom. The first kappa shape index (κ1) is 13.5. The molecule has 0 aliphatic heterocycles. The molecule has 1 aromatic carbocycles. The van der Waals surface area contributed by atoms with Gasteiger partial charge < -0.3 is 4.74 Å². The SMILES string of the molecule is CCc1ccccc1Oc1ncccc1S(N)(=O)=O. The molecular weight excluding hydrogens is 264 g/mol. The van der Waals surface area contributed by atoms with Crippen LogP contribution >= 0.6 is 0 Å².